The van der Waals surface area contributed by atoms with Gasteiger partial charge in [0.15, 0.2) is 0 Å². The van der Waals surface area contributed by atoms with E-state index in [1.165, 1.54) is 0 Å². The van der Waals surface area contributed by atoms with Crippen molar-refractivity contribution in [2.75, 3.05) is 26.2 Å². The summed E-state index contributed by atoms with van der Waals surface area (Å²) in [5, 5.41) is 2.13. The topological polar surface area (TPSA) is 49.4 Å². The molecule has 0 aromatic heterocycles. The molecular formula is C9H17F3N2O2S. The average Bonchev–Trinajstić information content (AvgIpc) is 2.68. The zero-order chi connectivity index (χ0) is 13.1. The summed E-state index contributed by atoms with van der Waals surface area (Å²) in [5.74, 6) is 0. The highest BCUT2D eigenvalue weighted by molar-refractivity contribution is 7.89. The SMILES string of the molecule is CCCN(CC(F)(F)F)S(=O)(=O)C1CCNC1. The predicted octanol–water partition coefficient (Wildman–Crippen LogP) is 0.952. The Balaban J connectivity index is 2.81. The maximum Gasteiger partial charge on any atom is 0.402 e. The molecule has 0 aromatic carbocycles. The Morgan fingerprint density at radius 2 is 2.06 bits per heavy atom. The lowest BCUT2D eigenvalue weighted by atomic mass is 10.4. The van der Waals surface area contributed by atoms with Crippen molar-refractivity contribution >= 4 is 10.0 Å². The molecule has 0 amide bonds. The summed E-state index contributed by atoms with van der Waals surface area (Å²) >= 11 is 0. The predicted molar refractivity (Wildman–Crippen MR) is 58.1 cm³/mol. The Bertz CT molecular complexity index is 337. The highest BCUT2D eigenvalue weighted by Gasteiger charge is 2.40. The molecule has 1 fully saturated rings. The van der Waals surface area contributed by atoms with Crippen LogP contribution in [0.15, 0.2) is 0 Å². The van der Waals surface area contributed by atoms with E-state index in [1.807, 2.05) is 0 Å². The summed E-state index contributed by atoms with van der Waals surface area (Å²) in [7, 11) is -3.85. The highest BCUT2D eigenvalue weighted by Crippen LogP contribution is 2.22. The van der Waals surface area contributed by atoms with Gasteiger partial charge < -0.3 is 5.32 Å². The van der Waals surface area contributed by atoms with Crippen molar-refractivity contribution in [1.82, 2.24) is 9.62 Å². The molecule has 4 nitrogen and oxygen atoms in total. The van der Waals surface area contributed by atoms with E-state index in [2.05, 4.69) is 5.32 Å². The number of nitrogens with one attached hydrogen (secondary N) is 1. The quantitative estimate of drug-likeness (QED) is 0.812. The first-order valence-electron chi connectivity index (χ1n) is 5.54. The molecule has 0 radical (unpaired) electrons. The van der Waals surface area contributed by atoms with Crippen LogP contribution in [0.4, 0.5) is 13.2 Å². The van der Waals surface area contributed by atoms with E-state index in [1.54, 1.807) is 6.92 Å². The minimum absolute atomic E-state index is 0.0850. The summed E-state index contributed by atoms with van der Waals surface area (Å²) in [5.41, 5.74) is 0. The molecule has 102 valence electrons. The normalized spacial score (nSPS) is 22.3. The van der Waals surface area contributed by atoms with Crippen LogP contribution in [0.5, 0.6) is 0 Å². The summed E-state index contributed by atoms with van der Waals surface area (Å²) in [6, 6.07) is 0. The van der Waals surface area contributed by atoms with Crippen LogP contribution in [0.1, 0.15) is 19.8 Å². The highest BCUT2D eigenvalue weighted by atomic mass is 32.2. The van der Waals surface area contributed by atoms with Crippen LogP contribution in [0, 0.1) is 0 Å². The van der Waals surface area contributed by atoms with Gasteiger partial charge in [0, 0.05) is 13.1 Å². The van der Waals surface area contributed by atoms with Gasteiger partial charge in [0.05, 0.1) is 5.25 Å². The zero-order valence-corrected chi connectivity index (χ0v) is 10.4. The lowest BCUT2D eigenvalue weighted by Gasteiger charge is -2.25. The van der Waals surface area contributed by atoms with Gasteiger partial charge in [0.1, 0.15) is 6.54 Å². The third kappa shape index (κ3) is 4.11. The molecule has 0 spiro atoms. The number of halogens is 3. The molecule has 1 aliphatic rings. The molecule has 17 heavy (non-hydrogen) atoms. The first kappa shape index (κ1) is 14.7. The summed E-state index contributed by atoms with van der Waals surface area (Å²) in [6.07, 6.45) is -3.75. The molecule has 1 unspecified atom stereocenters. The van der Waals surface area contributed by atoms with Crippen LogP contribution >= 0.6 is 0 Å². The fourth-order valence-corrected chi connectivity index (χ4v) is 3.77. The van der Waals surface area contributed by atoms with Gasteiger partial charge in [-0.3, -0.25) is 0 Å². The number of hydrogen-bond donors (Lipinski definition) is 1. The van der Waals surface area contributed by atoms with Crippen LogP contribution in [0.25, 0.3) is 0 Å². The van der Waals surface area contributed by atoms with Crippen molar-refractivity contribution < 1.29 is 21.6 Å². The zero-order valence-electron chi connectivity index (χ0n) is 9.63. The molecule has 0 saturated carbocycles. The van der Waals surface area contributed by atoms with Crippen molar-refractivity contribution in [1.29, 1.82) is 0 Å². The Morgan fingerprint density at radius 3 is 2.47 bits per heavy atom. The molecule has 1 atom stereocenters. The van der Waals surface area contributed by atoms with E-state index in [4.69, 9.17) is 0 Å². The number of nitrogens with zero attached hydrogens (tertiary/aromatic N) is 1. The van der Waals surface area contributed by atoms with Gasteiger partial charge in [-0.2, -0.15) is 17.5 Å². The molecule has 1 heterocycles. The van der Waals surface area contributed by atoms with Crippen LogP contribution in [-0.4, -0.2) is 50.3 Å². The number of sulfonamides is 1. The number of alkyl halides is 3. The maximum atomic E-state index is 12.3. The van der Waals surface area contributed by atoms with Gasteiger partial charge in [-0.1, -0.05) is 6.92 Å². The van der Waals surface area contributed by atoms with Crippen LogP contribution < -0.4 is 5.32 Å². The van der Waals surface area contributed by atoms with E-state index >= 15 is 0 Å². The van der Waals surface area contributed by atoms with Gasteiger partial charge in [-0.25, -0.2) is 8.42 Å². The lowest BCUT2D eigenvalue weighted by molar-refractivity contribution is -0.136. The maximum absolute atomic E-state index is 12.3. The van der Waals surface area contributed by atoms with Gasteiger partial charge in [0.25, 0.3) is 0 Å². The van der Waals surface area contributed by atoms with Crippen molar-refractivity contribution in [2.24, 2.45) is 0 Å². The minimum Gasteiger partial charge on any atom is -0.315 e. The van der Waals surface area contributed by atoms with E-state index in [0.29, 0.717) is 23.7 Å². The van der Waals surface area contributed by atoms with Crippen molar-refractivity contribution in [3.05, 3.63) is 0 Å². The molecular weight excluding hydrogens is 257 g/mol. The van der Waals surface area contributed by atoms with Gasteiger partial charge in [-0.15, -0.1) is 0 Å². The second kappa shape index (κ2) is 5.53. The Hall–Kier alpha value is -0.340. The third-order valence-corrected chi connectivity index (χ3v) is 4.90. The smallest absolute Gasteiger partial charge is 0.315 e. The van der Waals surface area contributed by atoms with Gasteiger partial charge in [0.2, 0.25) is 10.0 Å². The fourth-order valence-electron chi connectivity index (χ4n) is 1.84. The van der Waals surface area contributed by atoms with Gasteiger partial charge >= 0.3 is 6.18 Å². The number of rotatable bonds is 5. The number of hydrogen-bond acceptors (Lipinski definition) is 3. The Morgan fingerprint density at radius 1 is 1.41 bits per heavy atom. The second-order valence-corrected chi connectivity index (χ2v) is 6.32. The molecule has 1 N–H and O–H groups in total. The van der Waals surface area contributed by atoms with E-state index in [0.717, 1.165) is 0 Å². The molecule has 1 saturated heterocycles. The summed E-state index contributed by atoms with van der Waals surface area (Å²) in [4.78, 5) is 0. The molecule has 1 aliphatic heterocycles. The van der Waals surface area contributed by atoms with E-state index < -0.39 is 28.0 Å². The largest absolute Gasteiger partial charge is 0.402 e. The monoisotopic (exact) mass is 274 g/mol. The minimum atomic E-state index is -4.49. The van der Waals surface area contributed by atoms with Crippen LogP contribution in [0.3, 0.4) is 0 Å². The molecule has 1 rings (SSSR count). The Labute approximate surface area is 99.2 Å². The van der Waals surface area contributed by atoms with E-state index in [-0.39, 0.29) is 13.1 Å². The molecule has 0 bridgehead atoms. The van der Waals surface area contributed by atoms with Crippen molar-refractivity contribution in [3.8, 4) is 0 Å². The molecule has 0 aromatic rings. The van der Waals surface area contributed by atoms with E-state index in [9.17, 15) is 21.6 Å². The molecule has 0 aliphatic carbocycles. The van der Waals surface area contributed by atoms with Crippen molar-refractivity contribution in [3.63, 3.8) is 0 Å². The van der Waals surface area contributed by atoms with Crippen molar-refractivity contribution in [2.45, 2.75) is 31.2 Å². The standard InChI is InChI=1S/C9H17F3N2O2S/c1-2-5-14(7-9(10,11)12)17(15,16)8-3-4-13-6-8/h8,13H,2-7H2,1H3. The lowest BCUT2D eigenvalue weighted by Crippen LogP contribution is -2.44. The fraction of sp³-hybridized carbons (Fsp3) is 1.00. The third-order valence-electron chi connectivity index (χ3n) is 2.62. The molecule has 8 heteroatoms. The first-order valence-corrected chi connectivity index (χ1v) is 7.04. The first-order chi connectivity index (χ1) is 7.77. The summed E-state index contributed by atoms with van der Waals surface area (Å²) < 4.78 is 61.5. The second-order valence-electron chi connectivity index (χ2n) is 4.11. The van der Waals surface area contributed by atoms with Crippen LogP contribution in [-0.2, 0) is 10.0 Å². The average molecular weight is 274 g/mol. The summed E-state index contributed by atoms with van der Waals surface area (Å²) in [6.45, 7) is 0.958. The Kier molecular flexibility index (Phi) is 4.79. The van der Waals surface area contributed by atoms with Gasteiger partial charge in [-0.05, 0) is 19.4 Å². The van der Waals surface area contributed by atoms with Crippen LogP contribution in [0.2, 0.25) is 0 Å².